The molecule has 0 unspecified atom stereocenters. The number of rotatable bonds is 4. The number of nitro benzene ring substituents is 1. The lowest BCUT2D eigenvalue weighted by Gasteiger charge is -2.12. The highest BCUT2D eigenvalue weighted by Crippen LogP contribution is 2.19. The lowest BCUT2D eigenvalue weighted by molar-refractivity contribution is -0.384. The summed E-state index contributed by atoms with van der Waals surface area (Å²) in [6.45, 7) is -0.0961. The molecular weight excluding hydrogens is 328 g/mol. The molecule has 0 N–H and O–H groups in total. The van der Waals surface area contributed by atoms with Crippen molar-refractivity contribution in [2.24, 2.45) is 7.05 Å². The van der Waals surface area contributed by atoms with Gasteiger partial charge in [-0.25, -0.2) is 9.78 Å². The monoisotopic (exact) mass is 342 g/mol. The van der Waals surface area contributed by atoms with E-state index in [9.17, 15) is 19.7 Å². The predicted molar refractivity (Wildman–Crippen MR) is 90.0 cm³/mol. The van der Waals surface area contributed by atoms with Crippen LogP contribution < -0.4 is 16.0 Å². The molecule has 9 nitrogen and oxygen atoms in total. The van der Waals surface area contributed by atoms with Crippen molar-refractivity contribution in [3.63, 3.8) is 0 Å². The maximum Gasteiger partial charge on any atom is 0.332 e. The second-order valence-corrected chi connectivity index (χ2v) is 5.37. The van der Waals surface area contributed by atoms with Crippen molar-refractivity contribution >= 4 is 16.7 Å². The molecule has 0 amide bonds. The Hall–Kier alpha value is -3.49. The van der Waals surface area contributed by atoms with Crippen LogP contribution in [0.4, 0.5) is 5.69 Å². The van der Waals surface area contributed by atoms with Crippen molar-refractivity contribution in [2.45, 2.75) is 6.54 Å². The number of fused-ring (bicyclic) bond motifs is 1. The first-order chi connectivity index (χ1) is 11.9. The largest absolute Gasteiger partial charge is 0.496 e. The molecule has 0 aliphatic carbocycles. The fraction of sp³-hybridized carbons (Fsp3) is 0.188. The quantitative estimate of drug-likeness (QED) is 0.518. The number of aryl methyl sites for hydroxylation is 1. The fourth-order valence-electron chi connectivity index (χ4n) is 2.64. The number of non-ortho nitro benzene ring substituents is 1. The Bertz CT molecular complexity index is 1100. The van der Waals surface area contributed by atoms with Crippen molar-refractivity contribution in [3.05, 3.63) is 73.0 Å². The summed E-state index contributed by atoms with van der Waals surface area (Å²) in [4.78, 5) is 39.8. The second kappa shape index (κ2) is 6.19. The van der Waals surface area contributed by atoms with E-state index in [2.05, 4.69) is 4.98 Å². The molecule has 0 aliphatic heterocycles. The van der Waals surface area contributed by atoms with Gasteiger partial charge in [0.2, 0.25) is 0 Å². The van der Waals surface area contributed by atoms with Gasteiger partial charge in [-0.2, -0.15) is 0 Å². The number of aromatic nitrogens is 3. The summed E-state index contributed by atoms with van der Waals surface area (Å²) in [6.07, 6.45) is 1.45. The highest BCUT2D eigenvalue weighted by atomic mass is 16.6. The molecule has 0 saturated heterocycles. The molecule has 0 saturated carbocycles. The summed E-state index contributed by atoms with van der Waals surface area (Å²) < 4.78 is 7.45. The highest BCUT2D eigenvalue weighted by molar-refractivity contribution is 5.80. The minimum Gasteiger partial charge on any atom is -0.496 e. The Labute approximate surface area is 140 Å². The zero-order chi connectivity index (χ0) is 18.1. The van der Waals surface area contributed by atoms with Crippen molar-refractivity contribution < 1.29 is 9.66 Å². The van der Waals surface area contributed by atoms with Gasteiger partial charge < -0.3 is 4.74 Å². The molecule has 0 bridgehead atoms. The van der Waals surface area contributed by atoms with E-state index in [-0.39, 0.29) is 23.3 Å². The van der Waals surface area contributed by atoms with Crippen LogP contribution in [0.1, 0.15) is 5.56 Å². The maximum atomic E-state index is 12.8. The summed E-state index contributed by atoms with van der Waals surface area (Å²) in [5.41, 5.74) is -0.554. The summed E-state index contributed by atoms with van der Waals surface area (Å²) in [6, 6.07) is 7.33. The molecule has 0 fully saturated rings. The number of hydrogen-bond acceptors (Lipinski definition) is 6. The number of pyridine rings is 1. The normalized spacial score (nSPS) is 10.8. The smallest absolute Gasteiger partial charge is 0.332 e. The first-order valence-electron chi connectivity index (χ1n) is 7.30. The number of nitro groups is 1. The SMILES string of the molecule is COc1ccnc2c1c(=O)n(Cc1cccc([N+](=O)[O-])c1)c(=O)n2C. The van der Waals surface area contributed by atoms with E-state index >= 15 is 0 Å². The molecule has 25 heavy (non-hydrogen) atoms. The Balaban J connectivity index is 2.24. The Kier molecular flexibility index (Phi) is 4.05. The molecule has 128 valence electrons. The van der Waals surface area contributed by atoms with Gasteiger partial charge in [-0.1, -0.05) is 12.1 Å². The van der Waals surface area contributed by atoms with Crippen LogP contribution >= 0.6 is 0 Å². The van der Waals surface area contributed by atoms with Crippen molar-refractivity contribution in [1.82, 2.24) is 14.1 Å². The van der Waals surface area contributed by atoms with Crippen LogP contribution in [0.5, 0.6) is 5.75 Å². The van der Waals surface area contributed by atoms with E-state index < -0.39 is 16.2 Å². The van der Waals surface area contributed by atoms with E-state index in [4.69, 9.17) is 4.74 Å². The number of ether oxygens (including phenoxy) is 1. The van der Waals surface area contributed by atoms with Crippen LogP contribution in [0.2, 0.25) is 0 Å². The summed E-state index contributed by atoms with van der Waals surface area (Å²) in [7, 11) is 2.92. The standard InChI is InChI=1S/C16H14N4O5/c1-18-14-13(12(25-2)6-7-17-14)15(21)19(16(18)22)9-10-4-3-5-11(8-10)20(23)24/h3-8H,9H2,1-2H3. The van der Waals surface area contributed by atoms with Gasteiger partial charge in [-0.15, -0.1) is 0 Å². The molecule has 0 aliphatic rings. The maximum absolute atomic E-state index is 12.8. The van der Waals surface area contributed by atoms with E-state index in [0.717, 1.165) is 4.57 Å². The van der Waals surface area contributed by atoms with Gasteiger partial charge in [-0.3, -0.25) is 24.0 Å². The Morgan fingerprint density at radius 3 is 2.72 bits per heavy atom. The minimum absolute atomic E-state index is 0.0961. The summed E-state index contributed by atoms with van der Waals surface area (Å²) >= 11 is 0. The van der Waals surface area contributed by atoms with Gasteiger partial charge in [0, 0.05) is 25.4 Å². The average molecular weight is 342 g/mol. The van der Waals surface area contributed by atoms with Gasteiger partial charge in [0.25, 0.3) is 11.2 Å². The van der Waals surface area contributed by atoms with Crippen molar-refractivity contribution in [2.75, 3.05) is 7.11 Å². The highest BCUT2D eigenvalue weighted by Gasteiger charge is 2.16. The zero-order valence-corrected chi connectivity index (χ0v) is 13.5. The lowest BCUT2D eigenvalue weighted by atomic mass is 10.2. The third-order valence-corrected chi connectivity index (χ3v) is 3.87. The van der Waals surface area contributed by atoms with Crippen LogP contribution in [0.3, 0.4) is 0 Å². The molecule has 0 radical (unpaired) electrons. The van der Waals surface area contributed by atoms with Crippen LogP contribution in [0.15, 0.2) is 46.1 Å². The zero-order valence-electron chi connectivity index (χ0n) is 13.5. The molecule has 2 aromatic heterocycles. The van der Waals surface area contributed by atoms with E-state index in [1.807, 2.05) is 0 Å². The summed E-state index contributed by atoms with van der Waals surface area (Å²) in [5.74, 6) is 0.304. The van der Waals surface area contributed by atoms with Crippen LogP contribution in [-0.2, 0) is 13.6 Å². The lowest BCUT2D eigenvalue weighted by Crippen LogP contribution is -2.39. The topological polar surface area (TPSA) is 109 Å². The van der Waals surface area contributed by atoms with Crippen LogP contribution in [0.25, 0.3) is 11.0 Å². The molecule has 2 heterocycles. The van der Waals surface area contributed by atoms with E-state index in [1.54, 1.807) is 6.07 Å². The number of benzene rings is 1. The van der Waals surface area contributed by atoms with Gasteiger partial charge in [0.05, 0.1) is 18.6 Å². The Morgan fingerprint density at radius 1 is 1.28 bits per heavy atom. The van der Waals surface area contributed by atoms with Crippen molar-refractivity contribution in [3.8, 4) is 5.75 Å². The predicted octanol–water partition coefficient (Wildman–Crippen LogP) is 1.06. The average Bonchev–Trinajstić information content (AvgIpc) is 2.62. The molecule has 1 aromatic carbocycles. The Morgan fingerprint density at radius 2 is 2.04 bits per heavy atom. The molecule has 3 aromatic rings. The second-order valence-electron chi connectivity index (χ2n) is 5.37. The van der Waals surface area contributed by atoms with E-state index in [1.165, 1.54) is 49.2 Å². The summed E-state index contributed by atoms with van der Waals surface area (Å²) in [5, 5.41) is 11.1. The molecule has 0 atom stereocenters. The van der Waals surface area contributed by atoms with Gasteiger partial charge >= 0.3 is 5.69 Å². The molecule has 0 spiro atoms. The first kappa shape index (κ1) is 16.4. The number of hydrogen-bond donors (Lipinski definition) is 0. The fourth-order valence-corrected chi connectivity index (χ4v) is 2.64. The number of methoxy groups -OCH3 is 1. The van der Waals surface area contributed by atoms with Gasteiger partial charge in [0.1, 0.15) is 11.1 Å². The van der Waals surface area contributed by atoms with Gasteiger partial charge in [0.15, 0.2) is 5.65 Å². The van der Waals surface area contributed by atoms with Crippen LogP contribution in [0, 0.1) is 10.1 Å². The van der Waals surface area contributed by atoms with Crippen LogP contribution in [-0.4, -0.2) is 26.2 Å². The van der Waals surface area contributed by atoms with Crippen molar-refractivity contribution in [1.29, 1.82) is 0 Å². The number of nitrogens with zero attached hydrogens (tertiary/aromatic N) is 4. The van der Waals surface area contributed by atoms with Gasteiger partial charge in [-0.05, 0) is 11.6 Å². The third kappa shape index (κ3) is 2.75. The molecule has 3 rings (SSSR count). The van der Waals surface area contributed by atoms with E-state index in [0.29, 0.717) is 11.3 Å². The molecular formula is C16H14N4O5. The molecule has 9 heteroatoms. The first-order valence-corrected chi connectivity index (χ1v) is 7.30. The minimum atomic E-state index is -0.565. The third-order valence-electron chi connectivity index (χ3n) is 3.87.